The van der Waals surface area contributed by atoms with Crippen molar-refractivity contribution < 1.29 is 5.11 Å². The molecule has 0 heterocycles. The Morgan fingerprint density at radius 2 is 1.88 bits per heavy atom. The standard InChI is InChI=1S/C15H22O/c1-11(2)8-13-4-6-14(7-5-13)15(10-16)9-12(15)3/h4-7,11-12,16H,8-10H2,1-3H3. The number of hydrogen-bond donors (Lipinski definition) is 1. The minimum absolute atomic E-state index is 0.0797. The molecule has 0 saturated heterocycles. The molecule has 2 unspecified atom stereocenters. The molecule has 0 aromatic heterocycles. The van der Waals surface area contributed by atoms with Crippen LogP contribution in [0, 0.1) is 11.8 Å². The summed E-state index contributed by atoms with van der Waals surface area (Å²) in [4.78, 5) is 0. The molecule has 16 heavy (non-hydrogen) atoms. The van der Waals surface area contributed by atoms with Gasteiger partial charge in [-0.3, -0.25) is 0 Å². The van der Waals surface area contributed by atoms with Crippen molar-refractivity contribution >= 4 is 0 Å². The van der Waals surface area contributed by atoms with Crippen LogP contribution in [0.2, 0.25) is 0 Å². The maximum atomic E-state index is 9.50. The third-order valence-corrected chi connectivity index (χ3v) is 3.91. The maximum Gasteiger partial charge on any atom is 0.0530 e. The van der Waals surface area contributed by atoms with Crippen molar-refractivity contribution in [3.05, 3.63) is 35.4 Å². The third-order valence-electron chi connectivity index (χ3n) is 3.91. The molecule has 1 aromatic carbocycles. The largest absolute Gasteiger partial charge is 0.395 e. The lowest BCUT2D eigenvalue weighted by molar-refractivity contribution is 0.247. The molecule has 1 saturated carbocycles. The number of benzene rings is 1. The second-order valence-corrected chi connectivity index (χ2v) is 5.71. The zero-order chi connectivity index (χ0) is 11.8. The van der Waals surface area contributed by atoms with Gasteiger partial charge in [-0.25, -0.2) is 0 Å². The Bertz CT molecular complexity index is 348. The SMILES string of the molecule is CC(C)Cc1ccc(C2(CO)CC2C)cc1. The molecule has 1 nitrogen and oxygen atoms in total. The Morgan fingerprint density at radius 3 is 2.25 bits per heavy atom. The van der Waals surface area contributed by atoms with Crippen molar-refractivity contribution in [2.45, 2.75) is 39.0 Å². The van der Waals surface area contributed by atoms with Crippen LogP contribution in [0.3, 0.4) is 0 Å². The van der Waals surface area contributed by atoms with Gasteiger partial charge in [0.15, 0.2) is 0 Å². The lowest BCUT2D eigenvalue weighted by atomic mass is 9.92. The van der Waals surface area contributed by atoms with E-state index in [9.17, 15) is 5.11 Å². The first-order valence-electron chi connectivity index (χ1n) is 6.29. The van der Waals surface area contributed by atoms with Crippen LogP contribution in [-0.4, -0.2) is 11.7 Å². The highest BCUT2D eigenvalue weighted by molar-refractivity contribution is 5.35. The van der Waals surface area contributed by atoms with Gasteiger partial charge in [0.2, 0.25) is 0 Å². The molecule has 1 N–H and O–H groups in total. The fourth-order valence-corrected chi connectivity index (χ4v) is 2.65. The van der Waals surface area contributed by atoms with Crippen molar-refractivity contribution in [1.82, 2.24) is 0 Å². The average Bonchev–Trinajstić information content (AvgIpc) is 2.91. The van der Waals surface area contributed by atoms with E-state index in [4.69, 9.17) is 0 Å². The highest BCUT2D eigenvalue weighted by atomic mass is 16.3. The average molecular weight is 218 g/mol. The molecule has 1 aliphatic carbocycles. The van der Waals surface area contributed by atoms with Crippen LogP contribution in [0.4, 0.5) is 0 Å². The Balaban J connectivity index is 2.14. The second kappa shape index (κ2) is 4.21. The Kier molecular flexibility index (Phi) is 3.07. The van der Waals surface area contributed by atoms with E-state index in [1.165, 1.54) is 11.1 Å². The number of hydrogen-bond acceptors (Lipinski definition) is 1. The maximum absolute atomic E-state index is 9.50. The highest BCUT2D eigenvalue weighted by Crippen LogP contribution is 2.53. The van der Waals surface area contributed by atoms with Crippen LogP contribution in [0.5, 0.6) is 0 Å². The lowest BCUT2D eigenvalue weighted by Gasteiger charge is -2.14. The smallest absolute Gasteiger partial charge is 0.0530 e. The summed E-state index contributed by atoms with van der Waals surface area (Å²) in [5, 5.41) is 9.50. The van der Waals surface area contributed by atoms with Crippen molar-refractivity contribution in [1.29, 1.82) is 0 Å². The van der Waals surface area contributed by atoms with Crippen molar-refractivity contribution in [2.75, 3.05) is 6.61 Å². The van der Waals surface area contributed by atoms with E-state index in [2.05, 4.69) is 45.0 Å². The van der Waals surface area contributed by atoms with Crippen molar-refractivity contribution in [2.24, 2.45) is 11.8 Å². The van der Waals surface area contributed by atoms with Crippen LogP contribution in [0.25, 0.3) is 0 Å². The van der Waals surface area contributed by atoms with Gasteiger partial charge < -0.3 is 5.11 Å². The molecule has 2 atom stereocenters. The van der Waals surface area contributed by atoms with Gasteiger partial charge in [-0.1, -0.05) is 45.0 Å². The minimum atomic E-state index is 0.0797. The molecule has 2 rings (SSSR count). The summed E-state index contributed by atoms with van der Waals surface area (Å²) in [5.41, 5.74) is 2.80. The Morgan fingerprint density at radius 1 is 1.31 bits per heavy atom. The summed E-state index contributed by atoms with van der Waals surface area (Å²) in [6.07, 6.45) is 2.27. The van der Waals surface area contributed by atoms with Gasteiger partial charge >= 0.3 is 0 Å². The fourth-order valence-electron chi connectivity index (χ4n) is 2.65. The summed E-state index contributed by atoms with van der Waals surface area (Å²) in [7, 11) is 0. The number of rotatable bonds is 4. The lowest BCUT2D eigenvalue weighted by Crippen LogP contribution is -2.14. The fraction of sp³-hybridized carbons (Fsp3) is 0.600. The van der Waals surface area contributed by atoms with Gasteiger partial charge in [0.05, 0.1) is 6.61 Å². The molecule has 1 aliphatic rings. The van der Waals surface area contributed by atoms with E-state index in [-0.39, 0.29) is 12.0 Å². The summed E-state index contributed by atoms with van der Waals surface area (Å²) in [5.74, 6) is 1.34. The Labute approximate surface area is 98.5 Å². The van der Waals surface area contributed by atoms with E-state index in [1.54, 1.807) is 0 Å². The second-order valence-electron chi connectivity index (χ2n) is 5.71. The zero-order valence-electron chi connectivity index (χ0n) is 10.5. The molecule has 1 heteroatoms. The van der Waals surface area contributed by atoms with Crippen molar-refractivity contribution in [3.63, 3.8) is 0 Å². The number of aliphatic hydroxyl groups excluding tert-OH is 1. The zero-order valence-corrected chi connectivity index (χ0v) is 10.5. The quantitative estimate of drug-likeness (QED) is 0.823. The monoisotopic (exact) mass is 218 g/mol. The van der Waals surface area contributed by atoms with Gasteiger partial charge in [0.1, 0.15) is 0 Å². The van der Waals surface area contributed by atoms with E-state index in [0.29, 0.717) is 11.8 Å². The van der Waals surface area contributed by atoms with E-state index in [0.717, 1.165) is 12.8 Å². The van der Waals surface area contributed by atoms with E-state index >= 15 is 0 Å². The van der Waals surface area contributed by atoms with Gasteiger partial charge in [-0.15, -0.1) is 0 Å². The van der Waals surface area contributed by atoms with Crippen LogP contribution < -0.4 is 0 Å². The molecule has 0 radical (unpaired) electrons. The molecule has 1 aromatic rings. The highest BCUT2D eigenvalue weighted by Gasteiger charge is 2.51. The van der Waals surface area contributed by atoms with Crippen molar-refractivity contribution in [3.8, 4) is 0 Å². The molecule has 0 bridgehead atoms. The van der Waals surface area contributed by atoms with Gasteiger partial charge in [0, 0.05) is 5.41 Å². The number of aliphatic hydroxyl groups is 1. The minimum Gasteiger partial charge on any atom is -0.395 e. The van der Waals surface area contributed by atoms with Gasteiger partial charge in [-0.2, -0.15) is 0 Å². The molecular formula is C15H22O. The normalized spacial score (nSPS) is 28.4. The topological polar surface area (TPSA) is 20.2 Å². The summed E-state index contributed by atoms with van der Waals surface area (Å²) < 4.78 is 0. The molecule has 1 fully saturated rings. The van der Waals surface area contributed by atoms with Crippen LogP contribution >= 0.6 is 0 Å². The predicted molar refractivity (Wildman–Crippen MR) is 67.5 cm³/mol. The van der Waals surface area contributed by atoms with Gasteiger partial charge in [-0.05, 0) is 35.8 Å². The Hall–Kier alpha value is -0.820. The summed E-state index contributed by atoms with van der Waals surface area (Å²) >= 11 is 0. The molecular weight excluding hydrogens is 196 g/mol. The first kappa shape index (κ1) is 11.7. The van der Waals surface area contributed by atoms with E-state index < -0.39 is 0 Å². The van der Waals surface area contributed by atoms with Crippen LogP contribution in [0.15, 0.2) is 24.3 Å². The molecule has 0 aliphatic heterocycles. The van der Waals surface area contributed by atoms with Gasteiger partial charge in [0.25, 0.3) is 0 Å². The van der Waals surface area contributed by atoms with Crippen LogP contribution in [-0.2, 0) is 11.8 Å². The predicted octanol–water partition coefficient (Wildman–Crippen LogP) is 3.16. The molecule has 0 spiro atoms. The molecule has 88 valence electrons. The first-order valence-corrected chi connectivity index (χ1v) is 6.29. The first-order chi connectivity index (χ1) is 7.58. The van der Waals surface area contributed by atoms with Crippen LogP contribution in [0.1, 0.15) is 38.3 Å². The summed E-state index contributed by atoms with van der Waals surface area (Å²) in [6.45, 7) is 6.99. The third kappa shape index (κ3) is 2.01. The molecule has 0 amide bonds. The van der Waals surface area contributed by atoms with E-state index in [1.807, 2.05) is 0 Å². The summed E-state index contributed by atoms with van der Waals surface area (Å²) in [6, 6.07) is 8.85.